The Morgan fingerprint density at radius 1 is 1.18 bits per heavy atom. The van der Waals surface area contributed by atoms with Gasteiger partial charge in [0, 0.05) is 25.6 Å². The van der Waals surface area contributed by atoms with Gasteiger partial charge in [0.2, 0.25) is 0 Å². The topological polar surface area (TPSA) is 86.5 Å². The Kier molecular flexibility index (Phi) is 6.60. The summed E-state index contributed by atoms with van der Waals surface area (Å²) in [6.07, 6.45) is 2.44. The summed E-state index contributed by atoms with van der Waals surface area (Å²) in [5, 5.41) is 17.4. The highest BCUT2D eigenvalue weighted by Crippen LogP contribution is 2.22. The average molecular weight is 383 g/mol. The fourth-order valence-corrected chi connectivity index (χ4v) is 3.10. The number of benzene rings is 2. The summed E-state index contributed by atoms with van der Waals surface area (Å²) in [4.78, 5) is 12.2. The van der Waals surface area contributed by atoms with Gasteiger partial charge in [-0.05, 0) is 55.5 Å². The number of esters is 1. The molecule has 0 radical (unpaired) electrons. The lowest BCUT2D eigenvalue weighted by Gasteiger charge is -2.08. The van der Waals surface area contributed by atoms with Crippen LogP contribution in [-0.2, 0) is 17.8 Å². The molecule has 3 rings (SSSR count). The number of aryl methyl sites for hydroxylation is 3. The highest BCUT2D eigenvalue weighted by Gasteiger charge is 2.12. The minimum atomic E-state index is -0.291. The van der Waals surface area contributed by atoms with Crippen molar-refractivity contribution in [1.29, 1.82) is 0 Å². The molecule has 0 spiro atoms. The van der Waals surface area contributed by atoms with Gasteiger partial charge in [-0.25, -0.2) is 4.68 Å². The number of ether oxygens (including phenoxy) is 2. The number of rotatable bonds is 9. The van der Waals surface area contributed by atoms with Crippen LogP contribution in [0.4, 0.5) is 0 Å². The molecule has 0 saturated carbocycles. The molecule has 0 saturated heterocycles. The van der Waals surface area contributed by atoms with E-state index in [2.05, 4.69) is 10.3 Å². The van der Waals surface area contributed by atoms with Crippen molar-refractivity contribution in [2.75, 3.05) is 13.7 Å². The number of aliphatic hydroxyl groups excluding tert-OH is 1. The second-order valence-electron chi connectivity index (χ2n) is 6.61. The van der Waals surface area contributed by atoms with E-state index in [0.717, 1.165) is 41.5 Å². The average Bonchev–Trinajstić information content (AvgIpc) is 3.12. The molecule has 0 aliphatic carbocycles. The number of methoxy groups -OCH3 is 1. The molecule has 1 aromatic heterocycles. The van der Waals surface area contributed by atoms with Gasteiger partial charge >= 0.3 is 5.97 Å². The summed E-state index contributed by atoms with van der Waals surface area (Å²) in [6.45, 7) is 2.90. The molecule has 0 aliphatic rings. The number of fused-ring (bicyclic) bond motifs is 1. The third-order valence-electron chi connectivity index (χ3n) is 4.70. The van der Waals surface area contributed by atoms with E-state index in [1.807, 2.05) is 23.7 Å². The first-order chi connectivity index (χ1) is 13.6. The maximum Gasteiger partial charge on any atom is 0.311 e. The van der Waals surface area contributed by atoms with Crippen molar-refractivity contribution in [1.82, 2.24) is 15.0 Å². The van der Waals surface area contributed by atoms with Gasteiger partial charge in [-0.3, -0.25) is 4.79 Å². The standard InChI is InChI=1S/C21H25N3O4/c1-15-16(8-10-19-21(15)22-23-24(19)12-3-4-13-25)9-11-20(26)28-18-7-5-6-17(14-18)27-2/h5-8,10,14,25H,3-4,9,11-13H2,1-2H3. The van der Waals surface area contributed by atoms with Crippen molar-refractivity contribution in [2.45, 2.75) is 39.2 Å². The summed E-state index contributed by atoms with van der Waals surface area (Å²) in [5.74, 6) is 0.830. The van der Waals surface area contributed by atoms with Gasteiger partial charge in [-0.2, -0.15) is 0 Å². The van der Waals surface area contributed by atoms with Crippen molar-refractivity contribution in [3.8, 4) is 11.5 Å². The van der Waals surface area contributed by atoms with Crippen LogP contribution in [0.3, 0.4) is 0 Å². The van der Waals surface area contributed by atoms with E-state index >= 15 is 0 Å². The molecule has 2 aromatic carbocycles. The van der Waals surface area contributed by atoms with E-state index in [1.54, 1.807) is 31.4 Å². The molecule has 0 bridgehead atoms. The minimum Gasteiger partial charge on any atom is -0.497 e. The zero-order chi connectivity index (χ0) is 19.9. The first-order valence-corrected chi connectivity index (χ1v) is 9.39. The Hall–Kier alpha value is -2.93. The first kappa shape index (κ1) is 19.8. The molecule has 28 heavy (non-hydrogen) atoms. The van der Waals surface area contributed by atoms with Crippen molar-refractivity contribution >= 4 is 17.0 Å². The zero-order valence-corrected chi connectivity index (χ0v) is 16.2. The molecular weight excluding hydrogens is 358 g/mol. The van der Waals surface area contributed by atoms with E-state index in [-0.39, 0.29) is 19.0 Å². The summed E-state index contributed by atoms with van der Waals surface area (Å²) >= 11 is 0. The van der Waals surface area contributed by atoms with E-state index in [9.17, 15) is 4.79 Å². The van der Waals surface area contributed by atoms with Gasteiger partial charge in [0.05, 0.1) is 12.6 Å². The SMILES string of the molecule is COc1cccc(OC(=O)CCc2ccc3c(nnn3CCCCO)c2C)c1. The number of hydrogen-bond acceptors (Lipinski definition) is 6. The van der Waals surface area contributed by atoms with Crippen molar-refractivity contribution in [3.05, 3.63) is 47.5 Å². The number of aliphatic hydroxyl groups is 1. The molecular formula is C21H25N3O4. The quantitative estimate of drug-likeness (QED) is 0.347. The van der Waals surface area contributed by atoms with Crippen LogP contribution in [0.2, 0.25) is 0 Å². The number of hydrogen-bond donors (Lipinski definition) is 1. The second kappa shape index (κ2) is 9.32. The van der Waals surface area contributed by atoms with Gasteiger partial charge in [-0.1, -0.05) is 17.3 Å². The summed E-state index contributed by atoms with van der Waals surface area (Å²) < 4.78 is 12.4. The van der Waals surface area contributed by atoms with Crippen LogP contribution in [0.1, 0.15) is 30.4 Å². The Balaban J connectivity index is 1.63. The lowest BCUT2D eigenvalue weighted by Crippen LogP contribution is -2.09. The predicted molar refractivity (Wildman–Crippen MR) is 106 cm³/mol. The predicted octanol–water partition coefficient (Wildman–Crippen LogP) is 3.06. The van der Waals surface area contributed by atoms with Crippen molar-refractivity contribution in [3.63, 3.8) is 0 Å². The van der Waals surface area contributed by atoms with E-state index in [1.165, 1.54) is 0 Å². The number of carbonyl (C=O) groups is 1. The van der Waals surface area contributed by atoms with E-state index in [4.69, 9.17) is 14.6 Å². The molecule has 0 aliphatic heterocycles. The van der Waals surface area contributed by atoms with Crippen LogP contribution in [0.15, 0.2) is 36.4 Å². The highest BCUT2D eigenvalue weighted by atomic mass is 16.5. The number of nitrogens with zero attached hydrogens (tertiary/aromatic N) is 3. The van der Waals surface area contributed by atoms with E-state index in [0.29, 0.717) is 17.9 Å². The fraction of sp³-hybridized carbons (Fsp3) is 0.381. The van der Waals surface area contributed by atoms with Gasteiger partial charge in [0.15, 0.2) is 0 Å². The van der Waals surface area contributed by atoms with Crippen LogP contribution in [0.25, 0.3) is 11.0 Å². The van der Waals surface area contributed by atoms with Crippen LogP contribution < -0.4 is 9.47 Å². The van der Waals surface area contributed by atoms with Crippen LogP contribution in [-0.4, -0.2) is 39.8 Å². The Morgan fingerprint density at radius 2 is 2.00 bits per heavy atom. The number of carbonyl (C=O) groups excluding carboxylic acids is 1. The van der Waals surface area contributed by atoms with Crippen molar-refractivity contribution < 1.29 is 19.4 Å². The smallest absolute Gasteiger partial charge is 0.311 e. The fourth-order valence-electron chi connectivity index (χ4n) is 3.10. The van der Waals surface area contributed by atoms with Gasteiger partial charge in [-0.15, -0.1) is 5.10 Å². The monoisotopic (exact) mass is 383 g/mol. The molecule has 1 heterocycles. The third kappa shape index (κ3) is 4.67. The second-order valence-corrected chi connectivity index (χ2v) is 6.61. The Morgan fingerprint density at radius 3 is 2.79 bits per heavy atom. The maximum atomic E-state index is 12.2. The van der Waals surface area contributed by atoms with Crippen LogP contribution >= 0.6 is 0 Å². The third-order valence-corrected chi connectivity index (χ3v) is 4.70. The molecule has 148 valence electrons. The number of unbranched alkanes of at least 4 members (excludes halogenated alkanes) is 1. The normalized spacial score (nSPS) is 11.0. The molecule has 0 unspecified atom stereocenters. The van der Waals surface area contributed by atoms with Gasteiger partial charge in [0.25, 0.3) is 0 Å². The van der Waals surface area contributed by atoms with Gasteiger partial charge in [0.1, 0.15) is 17.0 Å². The number of aromatic nitrogens is 3. The molecule has 7 heteroatoms. The molecule has 0 amide bonds. The van der Waals surface area contributed by atoms with Crippen LogP contribution in [0, 0.1) is 6.92 Å². The first-order valence-electron chi connectivity index (χ1n) is 9.39. The lowest BCUT2D eigenvalue weighted by atomic mass is 10.0. The van der Waals surface area contributed by atoms with Gasteiger partial charge < -0.3 is 14.6 Å². The highest BCUT2D eigenvalue weighted by molar-refractivity contribution is 5.79. The summed E-state index contributed by atoms with van der Waals surface area (Å²) in [5.41, 5.74) is 3.90. The Bertz CT molecular complexity index is 952. The molecule has 0 atom stereocenters. The maximum absolute atomic E-state index is 12.2. The summed E-state index contributed by atoms with van der Waals surface area (Å²) in [7, 11) is 1.57. The van der Waals surface area contributed by atoms with Crippen LogP contribution in [0.5, 0.6) is 11.5 Å². The lowest BCUT2D eigenvalue weighted by molar-refractivity contribution is -0.134. The van der Waals surface area contributed by atoms with Crippen molar-refractivity contribution in [2.24, 2.45) is 0 Å². The molecule has 3 aromatic rings. The van der Waals surface area contributed by atoms with E-state index < -0.39 is 0 Å². The minimum absolute atomic E-state index is 0.182. The zero-order valence-electron chi connectivity index (χ0n) is 16.2. The largest absolute Gasteiger partial charge is 0.497 e. The molecule has 0 fully saturated rings. The Labute approximate surface area is 163 Å². The summed E-state index contributed by atoms with van der Waals surface area (Å²) in [6, 6.07) is 11.0. The molecule has 7 nitrogen and oxygen atoms in total. The molecule has 1 N–H and O–H groups in total.